The zero-order chi connectivity index (χ0) is 23.5. The molecule has 1 aromatic heterocycles. The molecule has 5 rings (SSSR count). The summed E-state index contributed by atoms with van der Waals surface area (Å²) in [6.07, 6.45) is 0.571. The number of nitrogens with zero attached hydrogens (tertiary/aromatic N) is 6. The zero-order valence-electron chi connectivity index (χ0n) is 18.4. The van der Waals surface area contributed by atoms with Gasteiger partial charge in [0.15, 0.2) is 0 Å². The van der Waals surface area contributed by atoms with Crippen LogP contribution in [0.3, 0.4) is 0 Å². The fourth-order valence-electron chi connectivity index (χ4n) is 3.88. The lowest BCUT2D eigenvalue weighted by atomic mass is 9.98. The van der Waals surface area contributed by atoms with Gasteiger partial charge in [-0.3, -0.25) is 4.79 Å². The smallest absolute Gasteiger partial charge is 0.266 e. The molecule has 1 atom stereocenters. The van der Waals surface area contributed by atoms with E-state index in [-0.39, 0.29) is 24.3 Å². The molecule has 3 aromatic carbocycles. The van der Waals surface area contributed by atoms with Crippen molar-refractivity contribution in [2.45, 2.75) is 19.0 Å². The Kier molecular flexibility index (Phi) is 5.82. The van der Waals surface area contributed by atoms with Crippen LogP contribution in [0.25, 0.3) is 11.4 Å². The van der Waals surface area contributed by atoms with Crippen LogP contribution in [-0.2, 0) is 11.3 Å². The number of aromatic nitrogens is 4. The molecule has 1 unspecified atom stereocenters. The van der Waals surface area contributed by atoms with E-state index in [0.717, 1.165) is 22.6 Å². The van der Waals surface area contributed by atoms with Crippen LogP contribution in [0.15, 0.2) is 84.0 Å². The van der Waals surface area contributed by atoms with Gasteiger partial charge in [0.2, 0.25) is 5.82 Å². The molecule has 1 amide bonds. The molecular formula is C25H21FN6O2. The van der Waals surface area contributed by atoms with Gasteiger partial charge in [-0.2, -0.15) is 9.90 Å². The van der Waals surface area contributed by atoms with Crippen molar-refractivity contribution in [2.75, 3.05) is 7.11 Å². The van der Waals surface area contributed by atoms with Gasteiger partial charge >= 0.3 is 0 Å². The summed E-state index contributed by atoms with van der Waals surface area (Å²) in [5.74, 6) is 0.302. The summed E-state index contributed by atoms with van der Waals surface area (Å²) >= 11 is 0. The number of halogens is 1. The average molecular weight is 456 g/mol. The number of amides is 1. The summed E-state index contributed by atoms with van der Waals surface area (Å²) in [6, 6.07) is 23.0. The summed E-state index contributed by atoms with van der Waals surface area (Å²) in [4.78, 5) is 14.5. The molecule has 0 saturated carbocycles. The van der Waals surface area contributed by atoms with Crippen LogP contribution in [0, 0.1) is 5.82 Å². The first-order valence-corrected chi connectivity index (χ1v) is 10.7. The van der Waals surface area contributed by atoms with Gasteiger partial charge in [0.05, 0.1) is 18.9 Å². The number of benzene rings is 3. The van der Waals surface area contributed by atoms with Crippen molar-refractivity contribution in [3.05, 3.63) is 95.8 Å². The predicted molar refractivity (Wildman–Crippen MR) is 123 cm³/mol. The van der Waals surface area contributed by atoms with E-state index in [1.54, 1.807) is 19.2 Å². The maximum atomic E-state index is 13.5. The van der Waals surface area contributed by atoms with E-state index in [2.05, 4.69) is 20.5 Å². The highest BCUT2D eigenvalue weighted by molar-refractivity contribution is 6.03. The first-order valence-electron chi connectivity index (χ1n) is 10.7. The highest BCUT2D eigenvalue weighted by Crippen LogP contribution is 2.33. The molecule has 8 nitrogen and oxygen atoms in total. The number of carbonyl (C=O) groups is 1. The molecule has 0 bridgehead atoms. The van der Waals surface area contributed by atoms with Gasteiger partial charge < -0.3 is 4.74 Å². The van der Waals surface area contributed by atoms with Crippen LogP contribution in [0.1, 0.15) is 23.6 Å². The van der Waals surface area contributed by atoms with Crippen LogP contribution in [-0.4, -0.2) is 43.9 Å². The Morgan fingerprint density at radius 1 is 1.03 bits per heavy atom. The SMILES string of the molecule is COc1ccc(C2CC(c3ccccc3)=NN2C(=O)Cn2nnc(-c3cccc(F)c3)n2)cc1. The first-order chi connectivity index (χ1) is 16.6. The minimum Gasteiger partial charge on any atom is -0.497 e. The Morgan fingerprint density at radius 3 is 2.53 bits per heavy atom. The van der Waals surface area contributed by atoms with E-state index in [0.29, 0.717) is 12.0 Å². The Bertz CT molecular complexity index is 1340. The van der Waals surface area contributed by atoms with Crippen molar-refractivity contribution in [3.63, 3.8) is 0 Å². The normalized spacial score (nSPS) is 15.3. The van der Waals surface area contributed by atoms with Crippen LogP contribution in [0.2, 0.25) is 0 Å². The number of carbonyl (C=O) groups excluding carboxylic acids is 1. The topological polar surface area (TPSA) is 85.5 Å². The zero-order valence-corrected chi connectivity index (χ0v) is 18.4. The lowest BCUT2D eigenvalue weighted by Gasteiger charge is -2.22. The average Bonchev–Trinajstić information content (AvgIpc) is 3.52. The lowest BCUT2D eigenvalue weighted by molar-refractivity contribution is -0.134. The third kappa shape index (κ3) is 4.40. The van der Waals surface area contributed by atoms with Gasteiger partial charge in [-0.25, -0.2) is 9.40 Å². The van der Waals surface area contributed by atoms with Gasteiger partial charge in [0.1, 0.15) is 18.1 Å². The Hall–Kier alpha value is -4.40. The summed E-state index contributed by atoms with van der Waals surface area (Å²) < 4.78 is 18.8. The van der Waals surface area contributed by atoms with Crippen molar-refractivity contribution in [2.24, 2.45) is 5.10 Å². The Balaban J connectivity index is 1.41. The van der Waals surface area contributed by atoms with E-state index in [1.807, 2.05) is 54.6 Å². The molecule has 9 heteroatoms. The van der Waals surface area contributed by atoms with Gasteiger partial charge in [0, 0.05) is 12.0 Å². The van der Waals surface area contributed by atoms with Gasteiger partial charge in [-0.05, 0) is 40.6 Å². The highest BCUT2D eigenvalue weighted by atomic mass is 19.1. The number of rotatable bonds is 6. The molecular weight excluding hydrogens is 435 g/mol. The molecule has 0 spiro atoms. The second-order valence-corrected chi connectivity index (χ2v) is 7.80. The van der Waals surface area contributed by atoms with Crippen molar-refractivity contribution >= 4 is 11.6 Å². The van der Waals surface area contributed by atoms with E-state index < -0.39 is 5.82 Å². The molecule has 4 aromatic rings. The molecule has 0 aliphatic carbocycles. The van der Waals surface area contributed by atoms with Crippen LogP contribution < -0.4 is 4.74 Å². The number of ether oxygens (including phenoxy) is 1. The largest absolute Gasteiger partial charge is 0.497 e. The first kappa shape index (κ1) is 21.4. The summed E-state index contributed by atoms with van der Waals surface area (Å²) in [5.41, 5.74) is 3.21. The van der Waals surface area contributed by atoms with Gasteiger partial charge in [-0.15, -0.1) is 10.2 Å². The van der Waals surface area contributed by atoms with Gasteiger partial charge in [0.25, 0.3) is 5.91 Å². The minimum absolute atomic E-state index is 0.152. The maximum Gasteiger partial charge on any atom is 0.266 e. The maximum absolute atomic E-state index is 13.5. The second-order valence-electron chi connectivity index (χ2n) is 7.80. The minimum atomic E-state index is -0.396. The molecule has 170 valence electrons. The molecule has 1 aliphatic rings. The number of methoxy groups -OCH3 is 1. The van der Waals surface area contributed by atoms with E-state index in [4.69, 9.17) is 4.74 Å². The number of tetrazole rings is 1. The van der Waals surface area contributed by atoms with Crippen molar-refractivity contribution in [1.29, 1.82) is 0 Å². The van der Waals surface area contributed by atoms with Crippen LogP contribution in [0.5, 0.6) is 5.75 Å². The highest BCUT2D eigenvalue weighted by Gasteiger charge is 2.33. The number of hydrazone groups is 1. The predicted octanol–water partition coefficient (Wildman–Crippen LogP) is 3.87. The van der Waals surface area contributed by atoms with Crippen molar-refractivity contribution in [1.82, 2.24) is 25.2 Å². The standard InChI is InChI=1S/C25H21FN6O2/c1-34-21-12-10-18(11-13-21)23-15-22(17-6-3-2-4-7-17)28-32(23)24(33)16-31-29-25(27-30-31)19-8-5-9-20(26)14-19/h2-14,23H,15-16H2,1H3. The Labute approximate surface area is 195 Å². The van der Waals surface area contributed by atoms with Gasteiger partial charge in [-0.1, -0.05) is 54.6 Å². The summed E-state index contributed by atoms with van der Waals surface area (Å²) in [5, 5.41) is 18.3. The van der Waals surface area contributed by atoms with Crippen LogP contribution >= 0.6 is 0 Å². The molecule has 2 heterocycles. The molecule has 0 saturated heterocycles. The molecule has 0 N–H and O–H groups in total. The third-order valence-corrected chi connectivity index (χ3v) is 5.59. The summed E-state index contributed by atoms with van der Waals surface area (Å²) in [7, 11) is 1.61. The fourth-order valence-corrected chi connectivity index (χ4v) is 3.88. The van der Waals surface area contributed by atoms with E-state index in [9.17, 15) is 9.18 Å². The fraction of sp³-hybridized carbons (Fsp3) is 0.160. The quantitative estimate of drug-likeness (QED) is 0.440. The van der Waals surface area contributed by atoms with E-state index in [1.165, 1.54) is 21.9 Å². The number of hydrogen-bond acceptors (Lipinski definition) is 6. The van der Waals surface area contributed by atoms with Crippen molar-refractivity contribution < 1.29 is 13.9 Å². The monoisotopic (exact) mass is 456 g/mol. The molecule has 0 fully saturated rings. The Morgan fingerprint density at radius 2 is 1.79 bits per heavy atom. The molecule has 1 aliphatic heterocycles. The lowest BCUT2D eigenvalue weighted by Crippen LogP contribution is -2.31. The van der Waals surface area contributed by atoms with E-state index >= 15 is 0 Å². The third-order valence-electron chi connectivity index (χ3n) is 5.59. The number of hydrogen-bond donors (Lipinski definition) is 0. The molecule has 0 radical (unpaired) electrons. The molecule has 34 heavy (non-hydrogen) atoms. The van der Waals surface area contributed by atoms with Crippen molar-refractivity contribution in [3.8, 4) is 17.1 Å². The summed E-state index contributed by atoms with van der Waals surface area (Å²) in [6.45, 7) is -0.152. The van der Waals surface area contributed by atoms with Crippen LogP contribution in [0.4, 0.5) is 4.39 Å². The second kappa shape index (κ2) is 9.22.